The largest absolute Gasteiger partial charge is 0.487 e. The number of para-hydroxylation sites is 1. The summed E-state index contributed by atoms with van der Waals surface area (Å²) in [7, 11) is -3.66. The Hall–Kier alpha value is -2.54. The fourth-order valence-corrected chi connectivity index (χ4v) is 5.46. The fourth-order valence-electron chi connectivity index (χ4n) is 4.30. The predicted octanol–water partition coefficient (Wildman–Crippen LogP) is 4.35. The Labute approximate surface area is 185 Å². The van der Waals surface area contributed by atoms with E-state index < -0.39 is 16.1 Å². The van der Waals surface area contributed by atoms with Crippen molar-refractivity contribution < 1.29 is 17.9 Å². The van der Waals surface area contributed by atoms with E-state index >= 15 is 0 Å². The number of nitrogens with one attached hydrogen (secondary N) is 1. The van der Waals surface area contributed by atoms with Crippen molar-refractivity contribution in [2.45, 2.75) is 64.6 Å². The lowest BCUT2D eigenvalue weighted by atomic mass is 9.83. The summed E-state index contributed by atoms with van der Waals surface area (Å²) in [6, 6.07) is 13.7. The third-order valence-electron chi connectivity index (χ3n) is 6.15. The van der Waals surface area contributed by atoms with Gasteiger partial charge >= 0.3 is 0 Å². The molecule has 0 aliphatic carbocycles. The number of carbonyl (C=O) groups is 1. The number of ether oxygens (including phenoxy) is 1. The number of anilines is 1. The van der Waals surface area contributed by atoms with Crippen molar-refractivity contribution >= 4 is 21.6 Å². The molecule has 2 atom stereocenters. The molecule has 1 aliphatic rings. The first-order valence-corrected chi connectivity index (χ1v) is 12.6. The zero-order valence-corrected chi connectivity index (χ0v) is 19.7. The average Bonchev–Trinajstić information content (AvgIpc) is 2.72. The number of hydrogen-bond acceptors (Lipinski definition) is 4. The van der Waals surface area contributed by atoms with Gasteiger partial charge in [-0.1, -0.05) is 44.2 Å². The Morgan fingerprint density at radius 2 is 1.87 bits per heavy atom. The van der Waals surface area contributed by atoms with Crippen molar-refractivity contribution in [1.82, 2.24) is 5.32 Å². The van der Waals surface area contributed by atoms with E-state index in [1.165, 1.54) is 4.31 Å². The molecule has 1 heterocycles. The number of benzene rings is 2. The number of hydrogen-bond donors (Lipinski definition) is 1. The van der Waals surface area contributed by atoms with E-state index in [1.807, 2.05) is 37.3 Å². The Kier molecular flexibility index (Phi) is 6.65. The van der Waals surface area contributed by atoms with Crippen LogP contribution in [0.25, 0.3) is 0 Å². The third kappa shape index (κ3) is 4.87. The molecule has 168 valence electrons. The van der Waals surface area contributed by atoms with E-state index in [2.05, 4.69) is 19.2 Å². The van der Waals surface area contributed by atoms with E-state index in [9.17, 15) is 13.2 Å². The molecular formula is C24H32N2O4S. The van der Waals surface area contributed by atoms with Gasteiger partial charge in [0.1, 0.15) is 17.4 Å². The zero-order valence-electron chi connectivity index (χ0n) is 18.9. The Bertz CT molecular complexity index is 1050. The van der Waals surface area contributed by atoms with Gasteiger partial charge in [-0.2, -0.15) is 0 Å². The molecule has 0 saturated heterocycles. The van der Waals surface area contributed by atoms with Crippen LogP contribution in [0, 0.1) is 6.92 Å². The molecule has 2 aromatic carbocycles. The molecule has 2 aromatic rings. The van der Waals surface area contributed by atoms with Crippen LogP contribution in [0.4, 0.5) is 5.69 Å². The molecule has 6 nitrogen and oxygen atoms in total. The van der Waals surface area contributed by atoms with Gasteiger partial charge in [0, 0.05) is 12.0 Å². The van der Waals surface area contributed by atoms with Gasteiger partial charge in [0.05, 0.1) is 18.0 Å². The maximum atomic E-state index is 13.3. The minimum atomic E-state index is -3.66. The van der Waals surface area contributed by atoms with Crippen LogP contribution in [0.1, 0.15) is 57.2 Å². The summed E-state index contributed by atoms with van der Waals surface area (Å²) in [5.41, 5.74) is 1.96. The first-order valence-electron chi connectivity index (χ1n) is 10.7. The van der Waals surface area contributed by atoms with E-state index in [0.717, 1.165) is 36.0 Å². The maximum absolute atomic E-state index is 13.3. The van der Waals surface area contributed by atoms with Crippen LogP contribution in [-0.2, 0) is 14.8 Å². The van der Waals surface area contributed by atoms with Crippen molar-refractivity contribution in [3.05, 3.63) is 59.7 Å². The third-order valence-corrected chi connectivity index (χ3v) is 7.39. The van der Waals surface area contributed by atoms with Gasteiger partial charge in [-0.15, -0.1) is 0 Å². The van der Waals surface area contributed by atoms with Crippen LogP contribution < -0.4 is 14.4 Å². The number of fused-ring (bicyclic) bond motifs is 1. The number of rotatable bonds is 7. The number of amides is 1. The highest BCUT2D eigenvalue weighted by Gasteiger charge is 2.40. The first kappa shape index (κ1) is 23.1. The SMILES string of the molecule is CCC1(CC)C[C@H](NC(=O)[C@H](C)N(c2cccc(C)c2)S(C)(=O)=O)c2ccccc2O1. The molecule has 1 amide bonds. The molecule has 7 heteroatoms. The molecule has 0 aromatic heterocycles. The summed E-state index contributed by atoms with van der Waals surface area (Å²) in [5, 5.41) is 3.11. The highest BCUT2D eigenvalue weighted by atomic mass is 32.2. The van der Waals surface area contributed by atoms with Crippen LogP contribution in [-0.4, -0.2) is 32.2 Å². The summed E-state index contributed by atoms with van der Waals surface area (Å²) in [6.07, 6.45) is 3.40. The van der Waals surface area contributed by atoms with E-state index in [-0.39, 0.29) is 17.6 Å². The smallest absolute Gasteiger partial charge is 0.244 e. The Morgan fingerprint density at radius 3 is 2.48 bits per heavy atom. The number of carbonyl (C=O) groups excluding carboxylic acids is 1. The summed E-state index contributed by atoms with van der Waals surface area (Å²) >= 11 is 0. The summed E-state index contributed by atoms with van der Waals surface area (Å²) in [4.78, 5) is 13.3. The topological polar surface area (TPSA) is 75.7 Å². The van der Waals surface area contributed by atoms with E-state index in [0.29, 0.717) is 12.1 Å². The maximum Gasteiger partial charge on any atom is 0.244 e. The average molecular weight is 445 g/mol. The van der Waals surface area contributed by atoms with Crippen LogP contribution >= 0.6 is 0 Å². The summed E-state index contributed by atoms with van der Waals surface area (Å²) in [5.74, 6) is 0.434. The first-order chi connectivity index (χ1) is 14.6. The lowest BCUT2D eigenvalue weighted by Crippen LogP contribution is -2.51. The second-order valence-electron chi connectivity index (χ2n) is 8.37. The van der Waals surface area contributed by atoms with Crippen LogP contribution in [0.3, 0.4) is 0 Å². The molecule has 3 rings (SSSR count). The van der Waals surface area contributed by atoms with Crippen LogP contribution in [0.5, 0.6) is 5.75 Å². The molecule has 0 fully saturated rings. The van der Waals surface area contributed by atoms with Gasteiger partial charge in [0.2, 0.25) is 15.9 Å². The lowest BCUT2D eigenvalue weighted by molar-refractivity contribution is -0.123. The van der Waals surface area contributed by atoms with Crippen molar-refractivity contribution in [2.24, 2.45) is 0 Å². The van der Waals surface area contributed by atoms with Crippen molar-refractivity contribution in [3.8, 4) is 5.75 Å². The summed E-state index contributed by atoms with van der Waals surface area (Å²) < 4.78 is 32.7. The minimum absolute atomic E-state index is 0.251. The molecular weight excluding hydrogens is 412 g/mol. The molecule has 1 N–H and O–H groups in total. The monoisotopic (exact) mass is 444 g/mol. The molecule has 1 aliphatic heterocycles. The predicted molar refractivity (Wildman–Crippen MR) is 124 cm³/mol. The van der Waals surface area contributed by atoms with Gasteiger partial charge in [-0.25, -0.2) is 8.42 Å². The second kappa shape index (κ2) is 8.91. The van der Waals surface area contributed by atoms with Gasteiger partial charge in [-0.3, -0.25) is 9.10 Å². The number of sulfonamides is 1. The highest BCUT2D eigenvalue weighted by Crippen LogP contribution is 2.42. The van der Waals surface area contributed by atoms with Gasteiger partial charge in [0.25, 0.3) is 0 Å². The molecule has 0 bridgehead atoms. The lowest BCUT2D eigenvalue weighted by Gasteiger charge is -2.42. The molecule has 0 unspecified atom stereocenters. The second-order valence-corrected chi connectivity index (χ2v) is 10.2. The highest BCUT2D eigenvalue weighted by molar-refractivity contribution is 7.92. The van der Waals surface area contributed by atoms with Crippen LogP contribution in [0.2, 0.25) is 0 Å². The van der Waals surface area contributed by atoms with Crippen molar-refractivity contribution in [3.63, 3.8) is 0 Å². The Morgan fingerprint density at radius 1 is 1.19 bits per heavy atom. The quantitative estimate of drug-likeness (QED) is 0.689. The fraction of sp³-hybridized carbons (Fsp3) is 0.458. The van der Waals surface area contributed by atoms with E-state index in [1.54, 1.807) is 25.1 Å². The number of aryl methyl sites for hydroxylation is 1. The van der Waals surface area contributed by atoms with Gasteiger partial charge in [-0.05, 0) is 50.5 Å². The Balaban J connectivity index is 1.91. The molecule has 0 radical (unpaired) electrons. The molecule has 31 heavy (non-hydrogen) atoms. The van der Waals surface area contributed by atoms with Gasteiger partial charge in [0.15, 0.2) is 0 Å². The standard InChI is InChI=1S/C24H32N2O4S/c1-6-24(7-2)16-21(20-13-8-9-14-22(20)30-24)25-23(27)18(4)26(31(5,28)29)19-12-10-11-17(3)15-19/h8-15,18,21H,6-7,16H2,1-5H3,(H,25,27)/t18-,21-/m0/s1. The van der Waals surface area contributed by atoms with Crippen LogP contribution in [0.15, 0.2) is 48.5 Å². The summed E-state index contributed by atoms with van der Waals surface area (Å²) in [6.45, 7) is 7.68. The molecule has 0 spiro atoms. The number of nitrogens with zero attached hydrogens (tertiary/aromatic N) is 1. The van der Waals surface area contributed by atoms with Gasteiger partial charge < -0.3 is 10.1 Å². The normalized spacial score (nSPS) is 18.4. The van der Waals surface area contributed by atoms with E-state index in [4.69, 9.17) is 4.74 Å². The minimum Gasteiger partial charge on any atom is -0.487 e. The van der Waals surface area contributed by atoms with Crippen molar-refractivity contribution in [1.29, 1.82) is 0 Å². The van der Waals surface area contributed by atoms with Crippen molar-refractivity contribution in [2.75, 3.05) is 10.6 Å². The zero-order chi connectivity index (χ0) is 22.8. The molecule has 0 saturated carbocycles.